The van der Waals surface area contributed by atoms with E-state index >= 15 is 0 Å². The summed E-state index contributed by atoms with van der Waals surface area (Å²) < 4.78 is 5.26. The molecule has 0 saturated heterocycles. The largest absolute Gasteiger partial charge is 0.504 e. The number of ketones is 1. The molecule has 1 atom stereocenters. The first-order chi connectivity index (χ1) is 6.79. The van der Waals surface area contributed by atoms with Gasteiger partial charge >= 0.3 is 0 Å². The van der Waals surface area contributed by atoms with Crippen LogP contribution in [0.3, 0.4) is 0 Å². The van der Waals surface area contributed by atoms with E-state index in [1.807, 2.05) is 18.2 Å². The summed E-state index contributed by atoms with van der Waals surface area (Å²) in [5, 5.41) is 9.24. The molecule has 0 amide bonds. The molecule has 1 aliphatic rings. The van der Waals surface area contributed by atoms with E-state index in [1.165, 1.54) is 6.08 Å². The lowest BCUT2D eigenvalue weighted by atomic mass is 10.0. The molecule has 14 heavy (non-hydrogen) atoms. The molecule has 72 valence electrons. The summed E-state index contributed by atoms with van der Waals surface area (Å²) in [4.78, 5) is 11.5. The molecule has 2 rings (SSSR count). The lowest BCUT2D eigenvalue weighted by Crippen LogP contribution is -2.22. The van der Waals surface area contributed by atoms with Crippen LogP contribution in [0, 0.1) is 0 Å². The van der Waals surface area contributed by atoms with Gasteiger partial charge < -0.3 is 9.84 Å². The Morgan fingerprint density at radius 3 is 2.71 bits per heavy atom. The van der Waals surface area contributed by atoms with Gasteiger partial charge in [0.15, 0.2) is 5.76 Å². The number of hydrogen-bond acceptors (Lipinski definition) is 3. The molecule has 1 aromatic carbocycles. The summed E-state index contributed by atoms with van der Waals surface area (Å²) in [6, 6.07) is 9.15. The van der Waals surface area contributed by atoms with Crippen molar-refractivity contribution >= 4 is 5.78 Å². The van der Waals surface area contributed by atoms with Crippen molar-refractivity contribution in [2.75, 3.05) is 6.61 Å². The number of carbonyl (C=O) groups excluding carboxylic acids is 1. The van der Waals surface area contributed by atoms with Gasteiger partial charge in [-0.2, -0.15) is 0 Å². The van der Waals surface area contributed by atoms with E-state index in [-0.39, 0.29) is 18.1 Å². The molecular formula is C11H10O3. The van der Waals surface area contributed by atoms with E-state index < -0.39 is 6.10 Å². The van der Waals surface area contributed by atoms with Crippen LogP contribution in [0.4, 0.5) is 0 Å². The third-order valence-electron chi connectivity index (χ3n) is 2.13. The molecule has 1 N–H and O–H groups in total. The molecule has 3 nitrogen and oxygen atoms in total. The lowest BCUT2D eigenvalue weighted by molar-refractivity contribution is -0.130. The van der Waals surface area contributed by atoms with Gasteiger partial charge in [0.05, 0.1) is 6.61 Å². The van der Waals surface area contributed by atoms with Crippen molar-refractivity contribution in [3.8, 4) is 0 Å². The Bertz CT molecular complexity index is 367. The first-order valence-electron chi connectivity index (χ1n) is 4.39. The minimum atomic E-state index is -0.652. The van der Waals surface area contributed by atoms with Crippen LogP contribution in [-0.4, -0.2) is 17.5 Å². The second kappa shape index (κ2) is 3.64. The summed E-state index contributed by atoms with van der Waals surface area (Å²) in [6.07, 6.45) is 0.725. The fraction of sp³-hybridized carbons (Fsp3) is 0.182. The van der Waals surface area contributed by atoms with Gasteiger partial charge in [-0.25, -0.2) is 0 Å². The number of aliphatic hydroxyl groups is 1. The molecule has 1 aliphatic heterocycles. The van der Waals surface area contributed by atoms with Gasteiger partial charge in [-0.1, -0.05) is 30.3 Å². The standard InChI is InChI=1S/C11H10O3/c12-9-6-7-14-11(10(9)13)8-4-2-1-3-5-8/h1-6,11-12H,7H2. The minimum absolute atomic E-state index is 0.204. The SMILES string of the molecule is O=C1C(O)=CCOC1c1ccccc1. The van der Waals surface area contributed by atoms with Crippen LogP contribution in [0.2, 0.25) is 0 Å². The summed E-state index contributed by atoms with van der Waals surface area (Å²) in [5.74, 6) is -0.576. The summed E-state index contributed by atoms with van der Waals surface area (Å²) in [6.45, 7) is 0.275. The fourth-order valence-corrected chi connectivity index (χ4v) is 1.41. The topological polar surface area (TPSA) is 46.5 Å². The zero-order chi connectivity index (χ0) is 9.97. The highest BCUT2D eigenvalue weighted by Gasteiger charge is 2.27. The Labute approximate surface area is 81.6 Å². The van der Waals surface area contributed by atoms with Gasteiger partial charge in [0.2, 0.25) is 5.78 Å². The van der Waals surface area contributed by atoms with Crippen LogP contribution in [0.15, 0.2) is 42.2 Å². The van der Waals surface area contributed by atoms with E-state index in [1.54, 1.807) is 12.1 Å². The molecule has 0 aromatic heterocycles. The van der Waals surface area contributed by atoms with E-state index in [2.05, 4.69) is 0 Å². The van der Waals surface area contributed by atoms with Crippen molar-refractivity contribution in [3.63, 3.8) is 0 Å². The third-order valence-corrected chi connectivity index (χ3v) is 2.13. The molecule has 0 saturated carbocycles. The number of rotatable bonds is 1. The Morgan fingerprint density at radius 2 is 2.00 bits per heavy atom. The Balaban J connectivity index is 2.29. The highest BCUT2D eigenvalue weighted by atomic mass is 16.5. The van der Waals surface area contributed by atoms with Gasteiger partial charge in [-0.15, -0.1) is 0 Å². The van der Waals surface area contributed by atoms with Crippen LogP contribution >= 0.6 is 0 Å². The average Bonchev–Trinajstić information content (AvgIpc) is 2.23. The molecule has 0 spiro atoms. The smallest absolute Gasteiger partial charge is 0.230 e. The number of carbonyl (C=O) groups is 1. The first kappa shape index (κ1) is 8.97. The van der Waals surface area contributed by atoms with Gasteiger partial charge in [-0.3, -0.25) is 4.79 Å². The normalized spacial score (nSPS) is 21.9. The number of Topliss-reactive ketones (excluding diaryl/α,β-unsaturated/α-hetero) is 1. The molecule has 1 heterocycles. The van der Waals surface area contributed by atoms with Crippen molar-refractivity contribution in [1.29, 1.82) is 0 Å². The van der Waals surface area contributed by atoms with Crippen molar-refractivity contribution < 1.29 is 14.6 Å². The van der Waals surface area contributed by atoms with Crippen LogP contribution < -0.4 is 0 Å². The second-order valence-corrected chi connectivity index (χ2v) is 3.08. The summed E-state index contributed by atoms with van der Waals surface area (Å²) in [5.41, 5.74) is 0.775. The maximum Gasteiger partial charge on any atom is 0.230 e. The van der Waals surface area contributed by atoms with Gasteiger partial charge in [-0.05, 0) is 11.6 Å². The van der Waals surface area contributed by atoms with E-state index in [0.717, 1.165) is 5.56 Å². The molecular weight excluding hydrogens is 180 g/mol. The van der Waals surface area contributed by atoms with Crippen molar-refractivity contribution in [1.82, 2.24) is 0 Å². The quantitative estimate of drug-likeness (QED) is 0.734. The Kier molecular flexibility index (Phi) is 2.33. The molecule has 0 aliphatic carbocycles. The van der Waals surface area contributed by atoms with Gasteiger partial charge in [0, 0.05) is 0 Å². The first-order valence-corrected chi connectivity index (χ1v) is 4.39. The van der Waals surface area contributed by atoms with E-state index in [0.29, 0.717) is 0 Å². The molecule has 1 aromatic rings. The van der Waals surface area contributed by atoms with Crippen LogP contribution in [0.5, 0.6) is 0 Å². The number of benzene rings is 1. The average molecular weight is 190 g/mol. The molecule has 0 bridgehead atoms. The van der Waals surface area contributed by atoms with Gasteiger partial charge in [0.1, 0.15) is 6.10 Å². The van der Waals surface area contributed by atoms with Gasteiger partial charge in [0.25, 0.3) is 0 Å². The maximum absolute atomic E-state index is 11.5. The Hall–Kier alpha value is -1.61. The molecule has 3 heteroatoms. The van der Waals surface area contributed by atoms with Crippen molar-refractivity contribution in [2.45, 2.75) is 6.10 Å². The zero-order valence-electron chi connectivity index (χ0n) is 7.51. The minimum Gasteiger partial charge on any atom is -0.504 e. The predicted molar refractivity (Wildman–Crippen MR) is 50.9 cm³/mol. The van der Waals surface area contributed by atoms with E-state index in [9.17, 15) is 9.90 Å². The highest BCUT2D eigenvalue weighted by Crippen LogP contribution is 2.23. The summed E-state index contributed by atoms with van der Waals surface area (Å²) >= 11 is 0. The fourth-order valence-electron chi connectivity index (χ4n) is 1.41. The predicted octanol–water partition coefficient (Wildman–Crippen LogP) is 1.77. The number of aliphatic hydroxyl groups excluding tert-OH is 1. The molecule has 1 unspecified atom stereocenters. The number of ether oxygens (including phenoxy) is 1. The van der Waals surface area contributed by atoms with Crippen LogP contribution in [-0.2, 0) is 9.53 Å². The Morgan fingerprint density at radius 1 is 1.29 bits per heavy atom. The highest BCUT2D eigenvalue weighted by molar-refractivity contribution is 5.97. The maximum atomic E-state index is 11.5. The monoisotopic (exact) mass is 190 g/mol. The van der Waals surface area contributed by atoms with Crippen LogP contribution in [0.25, 0.3) is 0 Å². The number of hydrogen-bond donors (Lipinski definition) is 1. The third kappa shape index (κ3) is 1.54. The molecule has 0 radical (unpaired) electrons. The van der Waals surface area contributed by atoms with Crippen molar-refractivity contribution in [2.24, 2.45) is 0 Å². The zero-order valence-corrected chi connectivity index (χ0v) is 7.51. The van der Waals surface area contributed by atoms with Crippen molar-refractivity contribution in [3.05, 3.63) is 47.7 Å². The molecule has 0 fully saturated rings. The van der Waals surface area contributed by atoms with E-state index in [4.69, 9.17) is 4.74 Å². The second-order valence-electron chi connectivity index (χ2n) is 3.08. The lowest BCUT2D eigenvalue weighted by Gasteiger charge is -2.19. The summed E-state index contributed by atoms with van der Waals surface area (Å²) in [7, 11) is 0. The van der Waals surface area contributed by atoms with Crippen LogP contribution in [0.1, 0.15) is 11.7 Å².